The largest absolute Gasteiger partial charge is 0.352 e. The lowest BCUT2D eigenvalue weighted by Gasteiger charge is -2.58. The number of fused-ring (bicyclic) bond motifs is 5. The number of nitrogens with zero attached hydrogens (tertiary/aromatic N) is 4. The highest BCUT2D eigenvalue weighted by Crippen LogP contribution is 2.58. The van der Waals surface area contributed by atoms with Gasteiger partial charge in [0.25, 0.3) is 5.91 Å². The Labute approximate surface area is 205 Å². The Hall–Kier alpha value is -3.19. The summed E-state index contributed by atoms with van der Waals surface area (Å²) in [5.41, 5.74) is 28.4. The third kappa shape index (κ3) is 3.82. The van der Waals surface area contributed by atoms with E-state index < -0.39 is 11.1 Å². The summed E-state index contributed by atoms with van der Waals surface area (Å²) in [4.78, 5) is 19.8. The van der Waals surface area contributed by atoms with Crippen molar-refractivity contribution in [2.75, 3.05) is 13.1 Å². The molecule has 1 saturated carbocycles. The Balaban J connectivity index is 1.39. The molecule has 1 aromatic heterocycles. The molecule has 0 bridgehead atoms. The summed E-state index contributed by atoms with van der Waals surface area (Å²) in [5.74, 6) is 0.513. The summed E-state index contributed by atoms with van der Waals surface area (Å²) in [6, 6.07) is 8.08. The molecule has 0 spiro atoms. The van der Waals surface area contributed by atoms with Crippen LogP contribution in [0, 0.1) is 11.8 Å². The second-order valence-electron chi connectivity index (χ2n) is 10.2. The van der Waals surface area contributed by atoms with E-state index in [0.717, 1.165) is 49.7 Å². The highest BCUT2D eigenvalue weighted by molar-refractivity contribution is 5.94. The molecule has 1 heterocycles. The number of hydrogen-bond acceptors (Lipinski definition) is 5. The number of carbonyl (C=O) groups excluding carboxylic acids is 1. The summed E-state index contributed by atoms with van der Waals surface area (Å²) in [6.45, 7) is 2.69. The summed E-state index contributed by atoms with van der Waals surface area (Å²) in [5, 5.41) is 6.26. The van der Waals surface area contributed by atoms with Gasteiger partial charge in [0.2, 0.25) is 0 Å². The molecule has 1 aromatic carbocycles. The summed E-state index contributed by atoms with van der Waals surface area (Å²) in [7, 11) is 0. The average Bonchev–Trinajstić information content (AvgIpc) is 3.32. The molecule has 0 aliphatic heterocycles. The highest BCUT2D eigenvalue weighted by atomic mass is 16.1. The van der Waals surface area contributed by atoms with Crippen LogP contribution in [0.5, 0.6) is 0 Å². The van der Waals surface area contributed by atoms with Gasteiger partial charge in [-0.25, -0.2) is 0 Å². The van der Waals surface area contributed by atoms with Gasteiger partial charge in [0.1, 0.15) is 0 Å². The number of aromatic nitrogens is 1. The maximum absolute atomic E-state index is 12.6. The first-order valence-electron chi connectivity index (χ1n) is 12.6. The highest BCUT2D eigenvalue weighted by Gasteiger charge is 2.60. The number of pyridine rings is 1. The zero-order chi connectivity index (χ0) is 24.6. The van der Waals surface area contributed by atoms with Crippen molar-refractivity contribution in [1.29, 1.82) is 0 Å². The lowest BCUT2D eigenvalue weighted by atomic mass is 9.51. The van der Waals surface area contributed by atoms with Crippen molar-refractivity contribution >= 4 is 11.5 Å². The standard InChI is InChI=1S/C27H33N7O/c1-2-17-13-20(16-31-15-17)21-4-6-24-22(21)8-10-26(28)23-5-3-19(25(35)32-11-12-33-34-30)14-18(23)7-9-27(24,26)29/h3-5,13-16,22,24H,2,6-12,28-29H2,1H3,(H,32,35)/t22?,24?,26-,27+/m0/s1. The van der Waals surface area contributed by atoms with E-state index in [9.17, 15) is 4.79 Å². The number of azide groups is 1. The fourth-order valence-electron chi connectivity index (χ4n) is 6.71. The van der Waals surface area contributed by atoms with Crippen LogP contribution in [-0.4, -0.2) is 29.5 Å². The molecule has 2 unspecified atom stereocenters. The molecule has 0 saturated heterocycles. The monoisotopic (exact) mass is 471 g/mol. The van der Waals surface area contributed by atoms with Gasteiger partial charge in [0.15, 0.2) is 0 Å². The van der Waals surface area contributed by atoms with Crippen LogP contribution in [0.4, 0.5) is 0 Å². The van der Waals surface area contributed by atoms with E-state index in [1.807, 2.05) is 30.6 Å². The first-order valence-corrected chi connectivity index (χ1v) is 12.6. The van der Waals surface area contributed by atoms with E-state index in [1.165, 1.54) is 16.7 Å². The number of nitrogens with two attached hydrogens (primary N) is 2. The van der Waals surface area contributed by atoms with Crippen LogP contribution < -0.4 is 16.8 Å². The predicted octanol–water partition coefficient (Wildman–Crippen LogP) is 4.00. The number of rotatable bonds is 6. The van der Waals surface area contributed by atoms with Gasteiger partial charge < -0.3 is 16.8 Å². The first kappa shape index (κ1) is 23.5. The van der Waals surface area contributed by atoms with Gasteiger partial charge in [0, 0.05) is 41.5 Å². The average molecular weight is 472 g/mol. The van der Waals surface area contributed by atoms with E-state index >= 15 is 0 Å². The van der Waals surface area contributed by atoms with Crippen molar-refractivity contribution in [3.05, 3.63) is 81.0 Å². The summed E-state index contributed by atoms with van der Waals surface area (Å²) >= 11 is 0. The molecule has 3 aliphatic rings. The lowest BCUT2D eigenvalue weighted by molar-refractivity contribution is 0.0431. The molecule has 1 amide bonds. The molecule has 1 fully saturated rings. The first-order chi connectivity index (χ1) is 16.9. The molecule has 8 nitrogen and oxygen atoms in total. The molecule has 2 aromatic rings. The van der Waals surface area contributed by atoms with Gasteiger partial charge in [-0.3, -0.25) is 9.78 Å². The third-order valence-electron chi connectivity index (χ3n) is 8.57. The molecule has 3 aliphatic carbocycles. The number of allylic oxidation sites excluding steroid dienone is 2. The summed E-state index contributed by atoms with van der Waals surface area (Å²) in [6.07, 6.45) is 11.6. The smallest absolute Gasteiger partial charge is 0.251 e. The van der Waals surface area contributed by atoms with Crippen LogP contribution >= 0.6 is 0 Å². The van der Waals surface area contributed by atoms with E-state index in [4.69, 9.17) is 17.0 Å². The van der Waals surface area contributed by atoms with Gasteiger partial charge in [-0.2, -0.15) is 0 Å². The Bertz CT molecular complexity index is 1230. The summed E-state index contributed by atoms with van der Waals surface area (Å²) < 4.78 is 0. The normalized spacial score (nSPS) is 28.7. The number of benzene rings is 1. The second kappa shape index (κ2) is 9.11. The molecule has 0 radical (unpaired) electrons. The van der Waals surface area contributed by atoms with Crippen molar-refractivity contribution < 1.29 is 4.79 Å². The van der Waals surface area contributed by atoms with Crippen LogP contribution in [0.15, 0.2) is 47.8 Å². The van der Waals surface area contributed by atoms with Crippen LogP contribution in [0.2, 0.25) is 0 Å². The maximum atomic E-state index is 12.6. The van der Waals surface area contributed by atoms with Crippen molar-refractivity contribution in [2.24, 2.45) is 28.4 Å². The number of carbonyl (C=O) groups is 1. The van der Waals surface area contributed by atoms with Gasteiger partial charge in [0.05, 0.1) is 5.54 Å². The molecular weight excluding hydrogens is 438 g/mol. The Morgan fingerprint density at radius 1 is 1.29 bits per heavy atom. The van der Waals surface area contributed by atoms with E-state index in [2.05, 4.69) is 39.4 Å². The van der Waals surface area contributed by atoms with Crippen molar-refractivity contribution in [2.45, 2.75) is 56.5 Å². The molecule has 5 rings (SSSR count). The number of aryl methyl sites for hydroxylation is 2. The maximum Gasteiger partial charge on any atom is 0.251 e. The molecular formula is C27H33N7O. The second-order valence-corrected chi connectivity index (χ2v) is 10.2. The van der Waals surface area contributed by atoms with Gasteiger partial charge >= 0.3 is 0 Å². The minimum absolute atomic E-state index is 0.173. The van der Waals surface area contributed by atoms with Gasteiger partial charge in [-0.1, -0.05) is 24.2 Å². The van der Waals surface area contributed by atoms with Crippen LogP contribution in [0.1, 0.15) is 65.2 Å². The van der Waals surface area contributed by atoms with E-state index in [1.54, 1.807) is 0 Å². The fourth-order valence-corrected chi connectivity index (χ4v) is 6.71. The van der Waals surface area contributed by atoms with E-state index in [-0.39, 0.29) is 12.5 Å². The minimum Gasteiger partial charge on any atom is -0.352 e. The molecule has 8 heteroatoms. The SMILES string of the molecule is CCc1cncc(C2=CCC3C2CC[C@]2(N)c4ccc(C(=O)NCCN=[N+]=[N-])cc4CC[C@@]32N)c1. The van der Waals surface area contributed by atoms with Gasteiger partial charge in [-0.15, -0.1) is 0 Å². The van der Waals surface area contributed by atoms with Crippen LogP contribution in [0.3, 0.4) is 0 Å². The van der Waals surface area contributed by atoms with Crippen molar-refractivity contribution in [3.63, 3.8) is 0 Å². The lowest BCUT2D eigenvalue weighted by Crippen LogP contribution is -2.71. The minimum atomic E-state index is -0.620. The molecule has 5 N–H and O–H groups in total. The number of hydrogen-bond donors (Lipinski definition) is 3. The topological polar surface area (TPSA) is 143 Å². The third-order valence-corrected chi connectivity index (χ3v) is 8.57. The van der Waals surface area contributed by atoms with Gasteiger partial charge in [-0.05, 0) is 102 Å². The number of nitrogens with one attached hydrogen (secondary N) is 1. The van der Waals surface area contributed by atoms with E-state index in [0.29, 0.717) is 23.9 Å². The molecule has 4 atom stereocenters. The van der Waals surface area contributed by atoms with Crippen LogP contribution in [0.25, 0.3) is 16.0 Å². The zero-order valence-electron chi connectivity index (χ0n) is 20.2. The van der Waals surface area contributed by atoms with Crippen molar-refractivity contribution in [1.82, 2.24) is 10.3 Å². The fraction of sp³-hybridized carbons (Fsp3) is 0.481. The Morgan fingerprint density at radius 3 is 2.94 bits per heavy atom. The van der Waals surface area contributed by atoms with Crippen LogP contribution in [-0.2, 0) is 18.4 Å². The number of amides is 1. The molecule has 182 valence electrons. The zero-order valence-corrected chi connectivity index (χ0v) is 20.2. The Kier molecular flexibility index (Phi) is 6.13. The quantitative estimate of drug-likeness (QED) is 0.253. The Morgan fingerprint density at radius 2 is 2.14 bits per heavy atom. The predicted molar refractivity (Wildman–Crippen MR) is 136 cm³/mol. The van der Waals surface area contributed by atoms with Crippen molar-refractivity contribution in [3.8, 4) is 0 Å². The molecule has 35 heavy (non-hydrogen) atoms.